The van der Waals surface area contributed by atoms with Crippen molar-refractivity contribution in [2.45, 2.75) is 70.4 Å². The quantitative estimate of drug-likeness (QED) is 0.291. The maximum absolute atomic E-state index is 15.5. The first-order valence-electron chi connectivity index (χ1n) is 14.5. The molecule has 0 radical (unpaired) electrons. The minimum Gasteiger partial charge on any atom is -0.393 e. The Bertz CT molecular complexity index is 1420. The summed E-state index contributed by atoms with van der Waals surface area (Å²) in [6, 6.07) is 8.07. The third kappa shape index (κ3) is 7.00. The monoisotopic (exact) mass is 561 g/mol. The van der Waals surface area contributed by atoms with Gasteiger partial charge in [-0.15, -0.1) is 0 Å². The van der Waals surface area contributed by atoms with Crippen molar-refractivity contribution in [2.24, 2.45) is 12.0 Å². The number of anilines is 1. The van der Waals surface area contributed by atoms with Crippen LogP contribution in [-0.2, 0) is 7.05 Å². The molecule has 1 saturated carbocycles. The number of amidine groups is 1. The number of rotatable bonds is 6. The zero-order valence-electron chi connectivity index (χ0n) is 24.3. The zero-order valence-corrected chi connectivity index (χ0v) is 24.3. The number of aliphatic hydroxyl groups excluding tert-OH is 1. The summed E-state index contributed by atoms with van der Waals surface area (Å²) < 4.78 is 17.0. The Hall–Kier alpha value is -3.63. The first-order chi connectivity index (χ1) is 19.7. The number of nitrogens with one attached hydrogen (secondary N) is 2. The Kier molecular flexibility index (Phi) is 8.79. The van der Waals surface area contributed by atoms with Crippen LogP contribution in [0.2, 0.25) is 0 Å². The Balaban J connectivity index is 1.40. The van der Waals surface area contributed by atoms with E-state index < -0.39 is 11.7 Å². The summed E-state index contributed by atoms with van der Waals surface area (Å²) in [6.45, 7) is 5.56. The van der Waals surface area contributed by atoms with Gasteiger partial charge in [-0.1, -0.05) is 6.07 Å². The van der Waals surface area contributed by atoms with Crippen LogP contribution in [0.25, 0.3) is 11.3 Å². The molecule has 1 amide bonds. The van der Waals surface area contributed by atoms with E-state index in [2.05, 4.69) is 50.9 Å². The topological polar surface area (TPSA) is 108 Å². The van der Waals surface area contributed by atoms with Crippen molar-refractivity contribution in [2.75, 3.05) is 25.5 Å². The smallest absolute Gasteiger partial charge is 0.259 e. The fraction of sp³-hybridized carbons (Fsp3) is 0.484. The minimum atomic E-state index is -0.694. The molecular weight excluding hydrogens is 521 g/mol. The number of aromatic nitrogens is 3. The fourth-order valence-electron chi connectivity index (χ4n) is 5.80. The van der Waals surface area contributed by atoms with Crippen LogP contribution in [0.3, 0.4) is 0 Å². The summed E-state index contributed by atoms with van der Waals surface area (Å²) in [7, 11) is 3.89. The lowest BCUT2D eigenvalue weighted by molar-refractivity contribution is 0.0972. The van der Waals surface area contributed by atoms with E-state index in [1.165, 1.54) is 17.8 Å². The summed E-state index contributed by atoms with van der Waals surface area (Å²) in [5.74, 6) is -0.454. The highest BCUT2D eigenvalue weighted by Gasteiger charge is 2.23. The summed E-state index contributed by atoms with van der Waals surface area (Å²) in [5, 5.41) is 20.5. The molecule has 3 aromatic rings. The molecule has 1 saturated heterocycles. The van der Waals surface area contributed by atoms with Gasteiger partial charge in [0.15, 0.2) is 5.82 Å². The first-order valence-corrected chi connectivity index (χ1v) is 14.5. The number of pyridine rings is 1. The Labute approximate surface area is 240 Å². The van der Waals surface area contributed by atoms with E-state index in [1.807, 2.05) is 0 Å². The van der Waals surface area contributed by atoms with Gasteiger partial charge in [-0.2, -0.15) is 5.10 Å². The normalized spacial score (nSPS) is 20.7. The summed E-state index contributed by atoms with van der Waals surface area (Å²) in [6.07, 6.45) is 8.45. The molecule has 3 N–H and O–H groups in total. The average Bonchev–Trinajstić information content (AvgIpc) is 3.38. The molecule has 218 valence electrons. The van der Waals surface area contributed by atoms with Crippen molar-refractivity contribution < 1.29 is 14.3 Å². The molecule has 2 fully saturated rings. The molecule has 2 aliphatic rings. The maximum atomic E-state index is 15.5. The number of piperidine rings is 1. The van der Waals surface area contributed by atoms with Gasteiger partial charge in [-0.3, -0.25) is 9.48 Å². The van der Waals surface area contributed by atoms with E-state index in [1.54, 1.807) is 31.8 Å². The van der Waals surface area contributed by atoms with Crippen LogP contribution in [0.1, 0.15) is 73.0 Å². The number of carbonyl (C=O) groups is 1. The van der Waals surface area contributed by atoms with Crippen LogP contribution < -0.4 is 10.6 Å². The number of aryl methyl sites for hydroxylation is 2. The molecular formula is C31H40FN7O2. The van der Waals surface area contributed by atoms with Gasteiger partial charge in [-0.05, 0) is 102 Å². The van der Waals surface area contributed by atoms with E-state index in [4.69, 9.17) is 4.99 Å². The SMILES string of the molecule is C/C(=N\c1cc(C2CCN(C)CC2)ccc1N[C@H]1CC[C@@H](O)CC1)NC(=O)c1cc(C)nc(-c2cnn(C)c2)c1F. The summed E-state index contributed by atoms with van der Waals surface area (Å²) in [4.78, 5) is 24.7. The molecule has 0 unspecified atom stereocenters. The van der Waals surface area contributed by atoms with Gasteiger partial charge in [0.05, 0.1) is 29.2 Å². The molecule has 0 bridgehead atoms. The number of carbonyl (C=O) groups excluding carboxylic acids is 1. The van der Waals surface area contributed by atoms with Crippen LogP contribution in [0.5, 0.6) is 0 Å². The number of aliphatic imine (C=N–C) groups is 1. The van der Waals surface area contributed by atoms with Crippen molar-refractivity contribution in [3.8, 4) is 11.3 Å². The van der Waals surface area contributed by atoms with Gasteiger partial charge in [0.25, 0.3) is 5.91 Å². The molecule has 5 rings (SSSR count). The first kappa shape index (κ1) is 28.9. The standard InChI is InChI=1S/C31H40FN7O2/c1-19-15-26(29(32)30(34-19)23-17-33-39(4)18-23)31(41)36-20(2)35-28-16-22(21-11-13-38(3)14-12-21)5-10-27(28)37-24-6-8-25(40)9-7-24/h5,10,15-18,21,24-25,37,40H,6-9,11-14H2,1-4H3,(H,35,36,41)/t24-,25+. The highest BCUT2D eigenvalue weighted by atomic mass is 19.1. The van der Waals surface area contributed by atoms with Crippen LogP contribution in [0.15, 0.2) is 41.7 Å². The molecule has 0 atom stereocenters. The number of nitrogens with zero attached hydrogens (tertiary/aromatic N) is 5. The highest BCUT2D eigenvalue weighted by Crippen LogP contribution is 2.35. The largest absolute Gasteiger partial charge is 0.393 e. The third-order valence-corrected chi connectivity index (χ3v) is 8.16. The van der Waals surface area contributed by atoms with Crippen LogP contribution in [0, 0.1) is 12.7 Å². The number of likely N-dealkylation sites (tertiary alicyclic amines) is 1. The number of hydrogen-bond donors (Lipinski definition) is 3. The highest BCUT2D eigenvalue weighted by molar-refractivity contribution is 6.07. The second-order valence-electron chi connectivity index (χ2n) is 11.5. The molecule has 1 aliphatic carbocycles. The second-order valence-corrected chi connectivity index (χ2v) is 11.5. The van der Waals surface area contributed by atoms with E-state index >= 15 is 4.39 Å². The fourth-order valence-corrected chi connectivity index (χ4v) is 5.80. The second kappa shape index (κ2) is 12.5. The Morgan fingerprint density at radius 3 is 2.51 bits per heavy atom. The van der Waals surface area contributed by atoms with E-state index in [-0.39, 0.29) is 23.4 Å². The Morgan fingerprint density at radius 1 is 1.10 bits per heavy atom. The van der Waals surface area contributed by atoms with Crippen molar-refractivity contribution >= 4 is 23.1 Å². The molecule has 10 heteroatoms. The predicted molar refractivity (Wildman–Crippen MR) is 159 cm³/mol. The van der Waals surface area contributed by atoms with Gasteiger partial charge >= 0.3 is 0 Å². The number of amides is 1. The lowest BCUT2D eigenvalue weighted by Gasteiger charge is -2.30. The molecule has 2 aromatic heterocycles. The molecule has 41 heavy (non-hydrogen) atoms. The van der Waals surface area contributed by atoms with Crippen LogP contribution >= 0.6 is 0 Å². The van der Waals surface area contributed by atoms with Gasteiger partial charge in [0.1, 0.15) is 11.5 Å². The lowest BCUT2D eigenvalue weighted by Crippen LogP contribution is -2.30. The molecule has 1 aliphatic heterocycles. The van der Waals surface area contributed by atoms with Crippen LogP contribution in [0.4, 0.5) is 15.8 Å². The van der Waals surface area contributed by atoms with Gasteiger partial charge in [-0.25, -0.2) is 14.4 Å². The summed E-state index contributed by atoms with van der Waals surface area (Å²) in [5.41, 5.74) is 3.90. The minimum absolute atomic E-state index is 0.0905. The number of benzene rings is 1. The van der Waals surface area contributed by atoms with Crippen molar-refractivity contribution in [1.82, 2.24) is 25.0 Å². The number of aliphatic hydroxyl groups is 1. The van der Waals surface area contributed by atoms with Gasteiger partial charge in [0, 0.05) is 30.5 Å². The molecule has 9 nitrogen and oxygen atoms in total. The van der Waals surface area contributed by atoms with E-state index in [0.29, 0.717) is 23.0 Å². The predicted octanol–water partition coefficient (Wildman–Crippen LogP) is 4.93. The molecule has 3 heterocycles. The third-order valence-electron chi connectivity index (χ3n) is 8.16. The summed E-state index contributed by atoms with van der Waals surface area (Å²) >= 11 is 0. The van der Waals surface area contributed by atoms with Crippen molar-refractivity contribution in [3.05, 3.63) is 59.3 Å². The zero-order chi connectivity index (χ0) is 29.1. The van der Waals surface area contributed by atoms with Crippen molar-refractivity contribution in [3.63, 3.8) is 0 Å². The molecule has 0 spiro atoms. The van der Waals surface area contributed by atoms with E-state index in [9.17, 15) is 9.90 Å². The van der Waals surface area contributed by atoms with E-state index in [0.717, 1.165) is 63.0 Å². The van der Waals surface area contributed by atoms with Crippen LogP contribution in [-0.4, -0.2) is 68.8 Å². The van der Waals surface area contributed by atoms with Crippen molar-refractivity contribution in [1.29, 1.82) is 0 Å². The number of halogens is 1. The molecule has 1 aromatic carbocycles. The lowest BCUT2D eigenvalue weighted by atomic mass is 9.89. The Morgan fingerprint density at radius 2 is 1.83 bits per heavy atom. The van der Waals surface area contributed by atoms with Gasteiger partial charge < -0.3 is 20.6 Å². The maximum Gasteiger partial charge on any atom is 0.259 e. The number of hydrogen-bond acceptors (Lipinski definition) is 7. The van der Waals surface area contributed by atoms with Gasteiger partial charge in [0.2, 0.25) is 0 Å². The average molecular weight is 562 g/mol.